The van der Waals surface area contributed by atoms with Crippen molar-refractivity contribution in [3.8, 4) is 0 Å². The molecule has 1 N–H and O–H groups in total. The Morgan fingerprint density at radius 2 is 2.04 bits per heavy atom. The number of anilines is 2. The van der Waals surface area contributed by atoms with E-state index in [0.29, 0.717) is 13.0 Å². The molecule has 2 heterocycles. The number of nitrogens with one attached hydrogen (secondary N) is 1. The maximum absolute atomic E-state index is 11.7. The zero-order valence-electron chi connectivity index (χ0n) is 12.4. The number of amides is 1. The lowest BCUT2D eigenvalue weighted by atomic mass is 10.2. The van der Waals surface area contributed by atoms with Gasteiger partial charge in [0.05, 0.1) is 4.92 Å². The minimum atomic E-state index is -0.461. The minimum Gasteiger partial charge on any atom is -0.360 e. The average molecular weight is 312 g/mol. The van der Waals surface area contributed by atoms with Gasteiger partial charge in [-0.1, -0.05) is 12.1 Å². The molecule has 3 rings (SSSR count). The van der Waals surface area contributed by atoms with E-state index in [-0.39, 0.29) is 17.4 Å². The van der Waals surface area contributed by atoms with Gasteiger partial charge in [-0.25, -0.2) is 4.98 Å². The summed E-state index contributed by atoms with van der Waals surface area (Å²) in [6.07, 6.45) is 3.01. The number of nitrogens with zero attached hydrogens (tertiary/aromatic N) is 3. The first-order valence-corrected chi connectivity index (χ1v) is 7.38. The molecule has 0 bridgehead atoms. The van der Waals surface area contributed by atoms with Crippen molar-refractivity contribution in [2.24, 2.45) is 0 Å². The molecule has 0 unspecified atom stereocenters. The molecule has 0 atom stereocenters. The van der Waals surface area contributed by atoms with Gasteiger partial charge >= 0.3 is 5.69 Å². The molecule has 7 heteroatoms. The second kappa shape index (κ2) is 6.43. The molecule has 2 aromatic rings. The third kappa shape index (κ3) is 3.28. The smallest absolute Gasteiger partial charge is 0.311 e. The standard InChI is InChI=1S/C16H16N4O3/c21-15-4-2-10-19(15)13-7-5-12(6-8-13)11-18-16-14(20(22)23)3-1-9-17-16/h1,3,5-9H,2,4,10-11H2,(H,17,18). The summed E-state index contributed by atoms with van der Waals surface area (Å²) in [5.74, 6) is 0.399. The van der Waals surface area contributed by atoms with Crippen LogP contribution in [0.3, 0.4) is 0 Å². The SMILES string of the molecule is O=C1CCCN1c1ccc(CNc2ncccc2[N+](=O)[O-])cc1. The van der Waals surface area contributed by atoms with Crippen LogP contribution in [-0.2, 0) is 11.3 Å². The Kier molecular flexibility index (Phi) is 4.18. The van der Waals surface area contributed by atoms with Crippen LogP contribution in [0.4, 0.5) is 17.2 Å². The molecule has 7 nitrogen and oxygen atoms in total. The lowest BCUT2D eigenvalue weighted by Crippen LogP contribution is -2.23. The van der Waals surface area contributed by atoms with E-state index in [9.17, 15) is 14.9 Å². The molecule has 1 fully saturated rings. The Balaban J connectivity index is 1.67. The van der Waals surface area contributed by atoms with Gasteiger partial charge in [-0.2, -0.15) is 0 Å². The van der Waals surface area contributed by atoms with E-state index in [4.69, 9.17) is 0 Å². The Morgan fingerprint density at radius 3 is 2.70 bits per heavy atom. The molecule has 1 aromatic heterocycles. The van der Waals surface area contributed by atoms with Gasteiger partial charge in [-0.05, 0) is 30.2 Å². The summed E-state index contributed by atoms with van der Waals surface area (Å²) >= 11 is 0. The van der Waals surface area contributed by atoms with Crippen molar-refractivity contribution in [1.82, 2.24) is 4.98 Å². The van der Waals surface area contributed by atoms with E-state index in [1.807, 2.05) is 24.3 Å². The first-order chi connectivity index (χ1) is 11.1. The van der Waals surface area contributed by atoms with Gasteiger partial charge in [-0.15, -0.1) is 0 Å². The summed E-state index contributed by atoms with van der Waals surface area (Å²) in [4.78, 5) is 28.0. The number of nitro groups is 1. The molecule has 1 amide bonds. The monoisotopic (exact) mass is 312 g/mol. The number of carbonyl (C=O) groups excluding carboxylic acids is 1. The van der Waals surface area contributed by atoms with Crippen LogP contribution in [0.2, 0.25) is 0 Å². The van der Waals surface area contributed by atoms with E-state index < -0.39 is 4.92 Å². The van der Waals surface area contributed by atoms with Crippen molar-refractivity contribution in [3.05, 3.63) is 58.3 Å². The van der Waals surface area contributed by atoms with Crippen LogP contribution in [0.1, 0.15) is 18.4 Å². The van der Waals surface area contributed by atoms with Crippen molar-refractivity contribution >= 4 is 23.1 Å². The molecule has 0 saturated carbocycles. The van der Waals surface area contributed by atoms with E-state index in [1.54, 1.807) is 4.90 Å². The highest BCUT2D eigenvalue weighted by Crippen LogP contribution is 2.23. The number of hydrogen-bond acceptors (Lipinski definition) is 5. The van der Waals surface area contributed by atoms with Gasteiger partial charge in [0.1, 0.15) is 0 Å². The molecular formula is C16H16N4O3. The van der Waals surface area contributed by atoms with Gasteiger partial charge < -0.3 is 10.2 Å². The van der Waals surface area contributed by atoms with E-state index in [2.05, 4.69) is 10.3 Å². The number of hydrogen-bond donors (Lipinski definition) is 1. The molecule has 1 aliphatic rings. The topological polar surface area (TPSA) is 88.4 Å². The fourth-order valence-electron chi connectivity index (χ4n) is 2.58. The summed E-state index contributed by atoms with van der Waals surface area (Å²) in [5.41, 5.74) is 1.80. The highest BCUT2D eigenvalue weighted by molar-refractivity contribution is 5.95. The number of carbonyl (C=O) groups is 1. The van der Waals surface area contributed by atoms with Gasteiger partial charge in [0, 0.05) is 37.5 Å². The minimum absolute atomic E-state index is 0.0493. The quantitative estimate of drug-likeness (QED) is 0.677. The van der Waals surface area contributed by atoms with Crippen LogP contribution in [-0.4, -0.2) is 22.4 Å². The predicted molar refractivity (Wildman–Crippen MR) is 86.2 cm³/mol. The van der Waals surface area contributed by atoms with Crippen LogP contribution in [0.15, 0.2) is 42.6 Å². The second-order valence-corrected chi connectivity index (χ2v) is 5.30. The molecule has 0 aliphatic carbocycles. The van der Waals surface area contributed by atoms with Crippen molar-refractivity contribution in [3.63, 3.8) is 0 Å². The first kappa shape index (κ1) is 15.0. The maximum atomic E-state index is 11.7. The maximum Gasteiger partial charge on any atom is 0.311 e. The van der Waals surface area contributed by atoms with Crippen molar-refractivity contribution < 1.29 is 9.72 Å². The average Bonchev–Trinajstić information content (AvgIpc) is 2.99. The fourth-order valence-corrected chi connectivity index (χ4v) is 2.58. The summed E-state index contributed by atoms with van der Waals surface area (Å²) in [5, 5.41) is 13.9. The van der Waals surface area contributed by atoms with Crippen LogP contribution in [0, 0.1) is 10.1 Å². The summed E-state index contributed by atoms with van der Waals surface area (Å²) in [6.45, 7) is 1.18. The zero-order chi connectivity index (χ0) is 16.2. The number of benzene rings is 1. The van der Waals surface area contributed by atoms with Crippen LogP contribution in [0.25, 0.3) is 0 Å². The fraction of sp³-hybridized carbons (Fsp3) is 0.250. The Morgan fingerprint density at radius 1 is 1.26 bits per heavy atom. The third-order valence-electron chi connectivity index (χ3n) is 3.76. The molecule has 118 valence electrons. The van der Waals surface area contributed by atoms with Crippen molar-refractivity contribution in [2.75, 3.05) is 16.8 Å². The van der Waals surface area contributed by atoms with E-state index in [0.717, 1.165) is 24.2 Å². The zero-order valence-corrected chi connectivity index (χ0v) is 12.4. The van der Waals surface area contributed by atoms with Crippen LogP contribution in [0.5, 0.6) is 0 Å². The Labute approximate surface area is 133 Å². The Bertz CT molecular complexity index is 730. The highest BCUT2D eigenvalue weighted by Gasteiger charge is 2.21. The normalized spacial score (nSPS) is 14.1. The van der Waals surface area contributed by atoms with Gasteiger partial charge in [0.15, 0.2) is 0 Å². The lowest BCUT2D eigenvalue weighted by Gasteiger charge is -2.16. The number of aromatic nitrogens is 1. The molecule has 1 aliphatic heterocycles. The molecule has 23 heavy (non-hydrogen) atoms. The molecule has 0 spiro atoms. The highest BCUT2D eigenvalue weighted by atomic mass is 16.6. The molecule has 1 saturated heterocycles. The van der Waals surface area contributed by atoms with E-state index >= 15 is 0 Å². The molecule has 0 radical (unpaired) electrons. The largest absolute Gasteiger partial charge is 0.360 e. The molecule has 1 aromatic carbocycles. The van der Waals surface area contributed by atoms with Crippen LogP contribution >= 0.6 is 0 Å². The van der Waals surface area contributed by atoms with Gasteiger partial charge in [0.2, 0.25) is 11.7 Å². The van der Waals surface area contributed by atoms with E-state index in [1.165, 1.54) is 18.3 Å². The van der Waals surface area contributed by atoms with Gasteiger partial charge in [-0.3, -0.25) is 14.9 Å². The lowest BCUT2D eigenvalue weighted by molar-refractivity contribution is -0.384. The molecular weight excluding hydrogens is 296 g/mol. The number of rotatable bonds is 5. The summed E-state index contributed by atoms with van der Waals surface area (Å²) in [7, 11) is 0. The van der Waals surface area contributed by atoms with Crippen molar-refractivity contribution in [1.29, 1.82) is 0 Å². The summed E-state index contributed by atoms with van der Waals surface area (Å²) in [6, 6.07) is 10.5. The Hall–Kier alpha value is -2.96. The van der Waals surface area contributed by atoms with Crippen LogP contribution < -0.4 is 10.2 Å². The first-order valence-electron chi connectivity index (χ1n) is 7.38. The second-order valence-electron chi connectivity index (χ2n) is 5.30. The third-order valence-corrected chi connectivity index (χ3v) is 3.76. The summed E-state index contributed by atoms with van der Waals surface area (Å²) < 4.78 is 0. The number of pyridine rings is 1. The predicted octanol–water partition coefficient (Wildman–Crippen LogP) is 2.73. The van der Waals surface area contributed by atoms with Crippen molar-refractivity contribution in [2.45, 2.75) is 19.4 Å². The van der Waals surface area contributed by atoms with Gasteiger partial charge in [0.25, 0.3) is 0 Å².